The Bertz CT molecular complexity index is 367. The normalized spacial score (nSPS) is 11.4. The molecule has 17 heavy (non-hydrogen) atoms. The van der Waals surface area contributed by atoms with Gasteiger partial charge in [-0.15, -0.1) is 12.4 Å². The van der Waals surface area contributed by atoms with Crippen LogP contribution in [0.4, 0.5) is 0 Å². The number of nitrogens with two attached hydrogens (primary N) is 1. The minimum absolute atomic E-state index is 0. The summed E-state index contributed by atoms with van der Waals surface area (Å²) in [6.45, 7) is 0. The molecule has 3 N–H and O–H groups in total. The summed E-state index contributed by atoms with van der Waals surface area (Å²) in [6.07, 6.45) is 0.309. The number of carbonyl (C=O) groups excluding carboxylic acids is 1. The van der Waals surface area contributed by atoms with Gasteiger partial charge in [0.1, 0.15) is 5.78 Å². The molecule has 4 nitrogen and oxygen atoms in total. The van der Waals surface area contributed by atoms with Gasteiger partial charge in [0.25, 0.3) is 0 Å². The number of carboxylic acid groups (broad SMARTS) is 1. The summed E-state index contributed by atoms with van der Waals surface area (Å²) in [5.41, 5.74) is 6.68. The van der Waals surface area contributed by atoms with Crippen molar-refractivity contribution in [1.82, 2.24) is 0 Å². The smallest absolute Gasteiger partial charge is 0.303 e. The number of aliphatic carboxylic acids is 1. The van der Waals surface area contributed by atoms with Crippen molar-refractivity contribution in [3.63, 3.8) is 0 Å². The lowest BCUT2D eigenvalue weighted by molar-refractivity contribution is -0.138. The zero-order chi connectivity index (χ0) is 12.0. The van der Waals surface area contributed by atoms with Gasteiger partial charge in [0.2, 0.25) is 0 Å². The van der Waals surface area contributed by atoms with E-state index in [1.54, 1.807) is 0 Å². The molecule has 1 atom stereocenters. The van der Waals surface area contributed by atoms with E-state index in [9.17, 15) is 9.59 Å². The molecule has 1 aromatic rings. The molecule has 0 spiro atoms. The van der Waals surface area contributed by atoms with E-state index >= 15 is 0 Å². The first kappa shape index (κ1) is 15.6. The largest absolute Gasteiger partial charge is 0.481 e. The molecule has 5 heteroatoms. The number of carboxylic acids is 1. The minimum atomic E-state index is -0.972. The molecular weight excluding hydrogens is 242 g/mol. The number of Topliss-reactive ketones (excluding diaryl/α,β-unsaturated/α-hetero) is 1. The Morgan fingerprint density at radius 2 is 1.76 bits per heavy atom. The van der Waals surface area contributed by atoms with Crippen LogP contribution in [-0.2, 0) is 16.0 Å². The molecule has 0 unspecified atom stereocenters. The highest BCUT2D eigenvalue weighted by atomic mass is 35.5. The van der Waals surface area contributed by atoms with E-state index in [4.69, 9.17) is 10.8 Å². The highest BCUT2D eigenvalue weighted by Gasteiger charge is 2.14. The van der Waals surface area contributed by atoms with E-state index in [2.05, 4.69) is 0 Å². The summed E-state index contributed by atoms with van der Waals surface area (Å²) < 4.78 is 0. The molecule has 0 saturated carbocycles. The third-order valence-corrected chi connectivity index (χ3v) is 2.30. The maximum absolute atomic E-state index is 11.5. The van der Waals surface area contributed by atoms with E-state index in [1.807, 2.05) is 30.3 Å². The number of benzene rings is 1. The van der Waals surface area contributed by atoms with Crippen molar-refractivity contribution in [3.8, 4) is 0 Å². The maximum Gasteiger partial charge on any atom is 0.303 e. The molecule has 1 rings (SSSR count). The zero-order valence-electron chi connectivity index (χ0n) is 9.33. The number of halogens is 1. The van der Waals surface area contributed by atoms with Crippen LogP contribution < -0.4 is 5.73 Å². The van der Waals surface area contributed by atoms with Crippen LogP contribution >= 0.6 is 12.4 Å². The first-order valence-electron chi connectivity index (χ1n) is 5.13. The van der Waals surface area contributed by atoms with Crippen molar-refractivity contribution in [2.75, 3.05) is 0 Å². The standard InChI is InChI=1S/C12H15NO3.ClH/c13-10(11(14)6-7-12(15)16)8-9-4-2-1-3-5-9;/h1-5,10H,6-8,13H2,(H,15,16);1H/t10-;/m0./s1. The molecule has 0 fully saturated rings. The van der Waals surface area contributed by atoms with Gasteiger partial charge in [-0.3, -0.25) is 9.59 Å². The molecule has 0 aliphatic carbocycles. The average molecular weight is 258 g/mol. The van der Waals surface area contributed by atoms with Crippen LogP contribution in [0.1, 0.15) is 18.4 Å². The van der Waals surface area contributed by atoms with E-state index in [-0.39, 0.29) is 31.0 Å². The summed E-state index contributed by atoms with van der Waals surface area (Å²) in [7, 11) is 0. The van der Waals surface area contributed by atoms with Crippen molar-refractivity contribution in [2.45, 2.75) is 25.3 Å². The van der Waals surface area contributed by atoms with Gasteiger partial charge in [-0.1, -0.05) is 30.3 Å². The van der Waals surface area contributed by atoms with Crippen LogP contribution in [0.2, 0.25) is 0 Å². The van der Waals surface area contributed by atoms with E-state index in [1.165, 1.54) is 0 Å². The highest BCUT2D eigenvalue weighted by molar-refractivity contribution is 5.86. The summed E-state index contributed by atoms with van der Waals surface area (Å²) in [6, 6.07) is 8.82. The van der Waals surface area contributed by atoms with Gasteiger partial charge >= 0.3 is 5.97 Å². The van der Waals surface area contributed by atoms with Gasteiger partial charge in [-0.05, 0) is 12.0 Å². The van der Waals surface area contributed by atoms with Gasteiger partial charge in [0.15, 0.2) is 0 Å². The fraction of sp³-hybridized carbons (Fsp3) is 0.333. The van der Waals surface area contributed by atoms with Crippen LogP contribution in [0.3, 0.4) is 0 Å². The van der Waals surface area contributed by atoms with Crippen molar-refractivity contribution in [2.24, 2.45) is 5.73 Å². The molecule has 0 amide bonds. The second-order valence-electron chi connectivity index (χ2n) is 3.66. The van der Waals surface area contributed by atoms with Crippen LogP contribution in [0.25, 0.3) is 0 Å². The lowest BCUT2D eigenvalue weighted by Crippen LogP contribution is -2.32. The van der Waals surface area contributed by atoms with Gasteiger partial charge in [0, 0.05) is 6.42 Å². The van der Waals surface area contributed by atoms with Crippen molar-refractivity contribution in [3.05, 3.63) is 35.9 Å². The molecular formula is C12H16ClNO3. The molecule has 0 saturated heterocycles. The summed E-state index contributed by atoms with van der Waals surface area (Å²) >= 11 is 0. The Morgan fingerprint density at radius 3 is 2.29 bits per heavy atom. The van der Waals surface area contributed by atoms with Gasteiger partial charge in [-0.25, -0.2) is 0 Å². The second-order valence-corrected chi connectivity index (χ2v) is 3.66. The first-order chi connectivity index (χ1) is 7.59. The average Bonchev–Trinajstić information content (AvgIpc) is 2.27. The Labute approximate surface area is 106 Å². The number of hydrogen-bond donors (Lipinski definition) is 2. The lowest BCUT2D eigenvalue weighted by Gasteiger charge is -2.09. The van der Waals surface area contributed by atoms with Gasteiger partial charge < -0.3 is 10.8 Å². The number of carbonyl (C=O) groups is 2. The minimum Gasteiger partial charge on any atom is -0.481 e. The van der Waals surface area contributed by atoms with Gasteiger partial charge in [0.05, 0.1) is 12.5 Å². The monoisotopic (exact) mass is 257 g/mol. The van der Waals surface area contributed by atoms with Gasteiger partial charge in [-0.2, -0.15) is 0 Å². The lowest BCUT2D eigenvalue weighted by atomic mass is 10.0. The molecule has 94 valence electrons. The number of hydrogen-bond acceptors (Lipinski definition) is 3. The van der Waals surface area contributed by atoms with Crippen LogP contribution in [-0.4, -0.2) is 22.9 Å². The Morgan fingerprint density at radius 1 is 1.18 bits per heavy atom. The zero-order valence-corrected chi connectivity index (χ0v) is 10.2. The fourth-order valence-electron chi connectivity index (χ4n) is 1.40. The van der Waals surface area contributed by atoms with Crippen LogP contribution in [0.5, 0.6) is 0 Å². The van der Waals surface area contributed by atoms with Crippen LogP contribution in [0, 0.1) is 0 Å². The van der Waals surface area contributed by atoms with Crippen molar-refractivity contribution < 1.29 is 14.7 Å². The third kappa shape index (κ3) is 6.04. The van der Waals surface area contributed by atoms with E-state index < -0.39 is 12.0 Å². The predicted octanol–water partition coefficient (Wildman–Crippen LogP) is 1.41. The summed E-state index contributed by atoms with van der Waals surface area (Å²) in [4.78, 5) is 21.8. The second kappa shape index (κ2) is 7.81. The highest BCUT2D eigenvalue weighted by Crippen LogP contribution is 2.04. The van der Waals surface area contributed by atoms with Crippen molar-refractivity contribution >= 4 is 24.2 Å². The quantitative estimate of drug-likeness (QED) is 0.808. The molecule has 0 aliphatic heterocycles. The fourth-order valence-corrected chi connectivity index (χ4v) is 1.40. The summed E-state index contributed by atoms with van der Waals surface area (Å²) in [5.74, 6) is -1.17. The topological polar surface area (TPSA) is 80.4 Å². The SMILES string of the molecule is Cl.N[C@@H](Cc1ccccc1)C(=O)CCC(=O)O. The first-order valence-corrected chi connectivity index (χ1v) is 5.13. The molecule has 0 heterocycles. The Balaban J connectivity index is 0.00000256. The Hall–Kier alpha value is -1.39. The molecule has 0 aromatic heterocycles. The van der Waals surface area contributed by atoms with E-state index in [0.29, 0.717) is 6.42 Å². The molecule has 0 bridgehead atoms. The number of ketones is 1. The van der Waals surface area contributed by atoms with E-state index in [0.717, 1.165) is 5.56 Å². The molecule has 0 radical (unpaired) electrons. The Kier molecular flexibility index (Phi) is 7.18. The third-order valence-electron chi connectivity index (χ3n) is 2.30. The molecule has 1 aromatic carbocycles. The maximum atomic E-state index is 11.5. The molecule has 0 aliphatic rings. The predicted molar refractivity (Wildman–Crippen MR) is 67.2 cm³/mol. The summed E-state index contributed by atoms with van der Waals surface area (Å²) in [5, 5.41) is 8.44. The van der Waals surface area contributed by atoms with Crippen molar-refractivity contribution in [1.29, 1.82) is 0 Å². The number of rotatable bonds is 6. The van der Waals surface area contributed by atoms with Crippen LogP contribution in [0.15, 0.2) is 30.3 Å².